The van der Waals surface area contributed by atoms with E-state index in [1.807, 2.05) is 30.4 Å². The largest absolute Gasteiger partial charge is 0.450 e. The van der Waals surface area contributed by atoms with Gasteiger partial charge < -0.3 is 14.2 Å². The molecule has 0 bridgehead atoms. The fourth-order valence-corrected chi connectivity index (χ4v) is 3.28. The first-order valence-corrected chi connectivity index (χ1v) is 11.3. The van der Waals surface area contributed by atoms with E-state index >= 15 is 0 Å². The number of hydrogen-bond acceptors (Lipinski definition) is 6. The number of ether oxygens (including phenoxy) is 3. The zero-order valence-corrected chi connectivity index (χ0v) is 19.7. The van der Waals surface area contributed by atoms with Crippen LogP contribution in [0.2, 0.25) is 0 Å². The lowest BCUT2D eigenvalue weighted by Crippen LogP contribution is -2.06. The maximum absolute atomic E-state index is 11.4. The molecule has 2 aromatic rings. The summed E-state index contributed by atoms with van der Waals surface area (Å²) >= 11 is 5.39. The SMILES string of the molecule is CCCCCCCC(=S)Oc1cc(C=Cc2ccc(OC(C)=O)cc2)cc(OC(C)=O)c1. The monoisotopic (exact) mass is 454 g/mol. The molecule has 0 radical (unpaired) electrons. The summed E-state index contributed by atoms with van der Waals surface area (Å²) in [5, 5.41) is 0.525. The van der Waals surface area contributed by atoms with Gasteiger partial charge in [-0.15, -0.1) is 0 Å². The van der Waals surface area contributed by atoms with Crippen LogP contribution >= 0.6 is 12.2 Å². The van der Waals surface area contributed by atoms with Crippen LogP contribution in [0.1, 0.15) is 70.4 Å². The van der Waals surface area contributed by atoms with E-state index in [9.17, 15) is 9.59 Å². The van der Waals surface area contributed by atoms with Crippen LogP contribution in [0.5, 0.6) is 17.2 Å². The average Bonchev–Trinajstić information content (AvgIpc) is 2.72. The molecule has 32 heavy (non-hydrogen) atoms. The fraction of sp³-hybridized carbons (Fsp3) is 0.346. The summed E-state index contributed by atoms with van der Waals surface area (Å²) in [5.74, 6) is 0.654. The molecule has 170 valence electrons. The van der Waals surface area contributed by atoms with Gasteiger partial charge in [0.25, 0.3) is 0 Å². The van der Waals surface area contributed by atoms with Crippen LogP contribution in [-0.4, -0.2) is 17.0 Å². The normalized spacial score (nSPS) is 10.7. The van der Waals surface area contributed by atoms with Gasteiger partial charge in [-0.2, -0.15) is 0 Å². The third-order valence-corrected chi connectivity index (χ3v) is 4.78. The minimum absolute atomic E-state index is 0.359. The summed E-state index contributed by atoms with van der Waals surface area (Å²) in [4.78, 5) is 22.5. The van der Waals surface area contributed by atoms with E-state index in [0.717, 1.165) is 30.4 Å². The Kier molecular flexibility index (Phi) is 10.6. The molecule has 0 saturated carbocycles. The Morgan fingerprint density at radius 2 is 1.31 bits per heavy atom. The minimum atomic E-state index is -0.406. The molecule has 0 saturated heterocycles. The minimum Gasteiger partial charge on any atom is -0.450 e. The molecule has 0 aromatic heterocycles. The molecule has 0 unspecified atom stereocenters. The lowest BCUT2D eigenvalue weighted by atomic mass is 10.1. The van der Waals surface area contributed by atoms with Crippen LogP contribution < -0.4 is 14.2 Å². The molecule has 0 aliphatic rings. The first-order valence-electron chi connectivity index (χ1n) is 10.9. The van der Waals surface area contributed by atoms with Gasteiger partial charge in [-0.05, 0) is 54.0 Å². The molecule has 0 spiro atoms. The van der Waals surface area contributed by atoms with Crippen LogP contribution in [0.25, 0.3) is 12.2 Å². The zero-order chi connectivity index (χ0) is 23.3. The van der Waals surface area contributed by atoms with Crippen molar-refractivity contribution in [2.75, 3.05) is 0 Å². The van der Waals surface area contributed by atoms with Crippen molar-refractivity contribution in [3.8, 4) is 17.2 Å². The van der Waals surface area contributed by atoms with Crippen LogP contribution in [0.4, 0.5) is 0 Å². The van der Waals surface area contributed by atoms with Gasteiger partial charge in [0.2, 0.25) is 0 Å². The van der Waals surface area contributed by atoms with Crippen molar-refractivity contribution in [1.82, 2.24) is 0 Å². The van der Waals surface area contributed by atoms with Gasteiger partial charge in [0.1, 0.15) is 17.2 Å². The predicted molar refractivity (Wildman–Crippen MR) is 131 cm³/mol. The smallest absolute Gasteiger partial charge is 0.308 e. The van der Waals surface area contributed by atoms with E-state index in [4.69, 9.17) is 26.4 Å². The fourth-order valence-electron chi connectivity index (χ4n) is 3.03. The van der Waals surface area contributed by atoms with Gasteiger partial charge in [0, 0.05) is 26.3 Å². The molecule has 0 aliphatic heterocycles. The number of unbranched alkanes of at least 4 members (excludes halogenated alkanes) is 4. The number of thiocarbonyl (C=S) groups is 1. The van der Waals surface area contributed by atoms with Crippen molar-refractivity contribution in [3.63, 3.8) is 0 Å². The molecule has 2 rings (SSSR count). The Labute approximate surface area is 195 Å². The number of carbonyl (C=O) groups is 2. The second-order valence-electron chi connectivity index (χ2n) is 7.47. The van der Waals surface area contributed by atoms with E-state index < -0.39 is 5.97 Å². The molecule has 0 heterocycles. The summed E-state index contributed by atoms with van der Waals surface area (Å²) in [5.41, 5.74) is 1.72. The van der Waals surface area contributed by atoms with E-state index in [-0.39, 0.29) is 5.97 Å². The standard InChI is InChI=1S/C26H30O5S/c1-4-5-6-7-8-9-26(32)31-25-17-22(16-24(18-25)30-20(3)28)11-10-21-12-14-23(15-13-21)29-19(2)27/h10-18H,4-9H2,1-3H3. The molecule has 0 amide bonds. The van der Waals surface area contributed by atoms with Crippen LogP contribution in [0, 0.1) is 0 Å². The first kappa shape index (κ1) is 25.3. The first-order chi connectivity index (χ1) is 15.4. The second-order valence-corrected chi connectivity index (χ2v) is 7.92. The van der Waals surface area contributed by atoms with Gasteiger partial charge in [0.15, 0.2) is 5.05 Å². The highest BCUT2D eigenvalue weighted by atomic mass is 32.1. The van der Waals surface area contributed by atoms with Gasteiger partial charge in [-0.25, -0.2) is 0 Å². The van der Waals surface area contributed by atoms with Gasteiger partial charge in [0.05, 0.1) is 0 Å². The van der Waals surface area contributed by atoms with E-state index in [1.54, 1.807) is 24.3 Å². The van der Waals surface area contributed by atoms with Crippen molar-refractivity contribution < 1.29 is 23.8 Å². The lowest BCUT2D eigenvalue weighted by Gasteiger charge is -2.10. The van der Waals surface area contributed by atoms with E-state index in [2.05, 4.69) is 6.92 Å². The molecule has 0 atom stereocenters. The summed E-state index contributed by atoms with van der Waals surface area (Å²) in [6, 6.07) is 12.4. The molecular weight excluding hydrogens is 424 g/mol. The topological polar surface area (TPSA) is 61.8 Å². The quantitative estimate of drug-likeness (QED) is 0.123. The van der Waals surface area contributed by atoms with Crippen LogP contribution in [0.15, 0.2) is 42.5 Å². The van der Waals surface area contributed by atoms with Crippen molar-refractivity contribution in [2.45, 2.75) is 59.3 Å². The Morgan fingerprint density at radius 3 is 1.94 bits per heavy atom. The molecule has 2 aromatic carbocycles. The molecular formula is C26H30O5S. The Hall–Kier alpha value is -2.99. The second kappa shape index (κ2) is 13.4. The maximum Gasteiger partial charge on any atom is 0.308 e. The third-order valence-electron chi connectivity index (χ3n) is 4.49. The van der Waals surface area contributed by atoms with Crippen LogP contribution in [-0.2, 0) is 9.59 Å². The highest BCUT2D eigenvalue weighted by Gasteiger charge is 2.07. The zero-order valence-electron chi connectivity index (χ0n) is 18.9. The van der Waals surface area contributed by atoms with Crippen molar-refractivity contribution in [2.24, 2.45) is 0 Å². The molecule has 0 N–H and O–H groups in total. The van der Waals surface area contributed by atoms with E-state index in [0.29, 0.717) is 22.3 Å². The number of benzene rings is 2. The number of carbonyl (C=O) groups excluding carboxylic acids is 2. The Balaban J connectivity index is 2.08. The molecule has 5 nitrogen and oxygen atoms in total. The van der Waals surface area contributed by atoms with Crippen LogP contribution in [0.3, 0.4) is 0 Å². The summed E-state index contributed by atoms with van der Waals surface area (Å²) < 4.78 is 16.2. The van der Waals surface area contributed by atoms with Crippen molar-refractivity contribution in [3.05, 3.63) is 53.6 Å². The van der Waals surface area contributed by atoms with Crippen molar-refractivity contribution in [1.29, 1.82) is 0 Å². The van der Waals surface area contributed by atoms with Crippen molar-refractivity contribution >= 4 is 41.4 Å². The number of rotatable bonds is 11. The highest BCUT2D eigenvalue weighted by Crippen LogP contribution is 2.26. The van der Waals surface area contributed by atoms with Gasteiger partial charge in [-0.1, -0.05) is 56.9 Å². The third kappa shape index (κ3) is 9.88. The summed E-state index contributed by atoms with van der Waals surface area (Å²) in [6.45, 7) is 4.91. The maximum atomic E-state index is 11.4. The number of esters is 2. The molecule has 6 heteroatoms. The highest BCUT2D eigenvalue weighted by molar-refractivity contribution is 7.80. The molecule has 0 fully saturated rings. The van der Waals surface area contributed by atoms with E-state index in [1.165, 1.54) is 33.1 Å². The average molecular weight is 455 g/mol. The summed E-state index contributed by atoms with van der Waals surface area (Å²) in [7, 11) is 0. The predicted octanol–water partition coefficient (Wildman–Crippen LogP) is 6.77. The number of hydrogen-bond donors (Lipinski definition) is 0. The Morgan fingerprint density at radius 1 is 0.750 bits per heavy atom. The molecule has 0 aliphatic carbocycles. The Bertz CT molecular complexity index is 947. The summed E-state index contributed by atoms with van der Waals surface area (Å²) in [6.07, 6.45) is 10.3. The van der Waals surface area contributed by atoms with Gasteiger partial charge >= 0.3 is 11.9 Å². The van der Waals surface area contributed by atoms with Gasteiger partial charge in [-0.3, -0.25) is 9.59 Å². The lowest BCUT2D eigenvalue weighted by molar-refractivity contribution is -0.132.